The van der Waals surface area contributed by atoms with Crippen LogP contribution in [0.2, 0.25) is 5.02 Å². The number of methoxy groups -OCH3 is 1. The zero-order valence-corrected chi connectivity index (χ0v) is 17.0. The Bertz CT molecular complexity index is 1210. The van der Waals surface area contributed by atoms with Gasteiger partial charge in [-0.3, -0.25) is 14.5 Å². The zero-order chi connectivity index (χ0) is 22.1. The van der Waals surface area contributed by atoms with E-state index in [1.807, 2.05) is 0 Å². The molecule has 8 heteroatoms. The van der Waals surface area contributed by atoms with Crippen LogP contribution in [0.3, 0.4) is 0 Å². The second-order valence-corrected chi connectivity index (χ2v) is 7.14. The highest BCUT2D eigenvalue weighted by atomic mass is 35.5. The highest BCUT2D eigenvalue weighted by Crippen LogP contribution is 2.42. The third-order valence-corrected chi connectivity index (χ3v) is 5.26. The second-order valence-electron chi connectivity index (χ2n) is 6.73. The number of benzene rings is 2. The van der Waals surface area contributed by atoms with E-state index >= 15 is 0 Å². The number of Topliss-reactive ketones (excluding diaryl/α,β-unsaturated/α-hetero) is 1. The number of aliphatic hydroxyl groups is 1. The molecule has 0 aliphatic carbocycles. The summed E-state index contributed by atoms with van der Waals surface area (Å²) in [6, 6.07) is 13.8. The number of carbonyl (C=O) groups excluding carboxylic acids is 2. The van der Waals surface area contributed by atoms with Gasteiger partial charge in [-0.1, -0.05) is 35.9 Å². The van der Waals surface area contributed by atoms with E-state index in [-0.39, 0.29) is 27.5 Å². The Morgan fingerprint density at radius 2 is 1.87 bits per heavy atom. The van der Waals surface area contributed by atoms with Crippen LogP contribution in [0.4, 0.5) is 10.2 Å². The number of carbonyl (C=O) groups is 2. The van der Waals surface area contributed by atoms with Crippen molar-refractivity contribution in [1.82, 2.24) is 4.98 Å². The molecule has 156 valence electrons. The lowest BCUT2D eigenvalue weighted by atomic mass is 9.95. The summed E-state index contributed by atoms with van der Waals surface area (Å²) in [5.74, 6) is -2.46. The summed E-state index contributed by atoms with van der Waals surface area (Å²) in [4.78, 5) is 31.2. The molecule has 0 radical (unpaired) electrons. The molecule has 1 aliphatic heterocycles. The highest BCUT2D eigenvalue weighted by Gasteiger charge is 2.48. The fraction of sp³-hybridized carbons (Fsp3) is 0.0870. The van der Waals surface area contributed by atoms with Crippen molar-refractivity contribution < 1.29 is 23.8 Å². The lowest BCUT2D eigenvalue weighted by Gasteiger charge is -2.24. The van der Waals surface area contributed by atoms with E-state index < -0.39 is 29.3 Å². The van der Waals surface area contributed by atoms with Gasteiger partial charge in [-0.15, -0.1) is 0 Å². The quantitative estimate of drug-likeness (QED) is 0.368. The van der Waals surface area contributed by atoms with E-state index in [1.165, 1.54) is 55.8 Å². The number of nitrogens with zero attached hydrogens (tertiary/aromatic N) is 2. The Labute approximate surface area is 182 Å². The third-order valence-electron chi connectivity index (χ3n) is 4.97. The molecule has 1 aliphatic rings. The number of ether oxygens (including phenoxy) is 1. The van der Waals surface area contributed by atoms with Crippen LogP contribution >= 0.6 is 11.6 Å². The van der Waals surface area contributed by atoms with Crippen molar-refractivity contribution in [3.05, 3.63) is 94.4 Å². The van der Waals surface area contributed by atoms with Gasteiger partial charge in [-0.05, 0) is 36.4 Å². The normalized spacial score (nSPS) is 17.8. The first-order valence-corrected chi connectivity index (χ1v) is 9.62. The van der Waals surface area contributed by atoms with Crippen LogP contribution < -0.4 is 9.64 Å². The van der Waals surface area contributed by atoms with E-state index in [0.29, 0.717) is 5.75 Å². The van der Waals surface area contributed by atoms with E-state index in [2.05, 4.69) is 4.98 Å². The molecule has 2 aromatic carbocycles. The molecule has 31 heavy (non-hydrogen) atoms. The standard InChI is InChI=1S/C23H16ClFN2O4/c1-31-17-10-9-13(12-15(17)24)21(28)19-20(14-6-2-3-7-16(14)25)27(23(30)22(19)29)18-8-4-5-11-26-18/h2-12,20,28H,1H3. The number of halogens is 2. The molecule has 1 amide bonds. The number of anilines is 1. The zero-order valence-electron chi connectivity index (χ0n) is 16.3. The molecule has 3 aromatic rings. The predicted molar refractivity (Wildman–Crippen MR) is 113 cm³/mol. The summed E-state index contributed by atoms with van der Waals surface area (Å²) in [7, 11) is 1.44. The average molecular weight is 439 g/mol. The fourth-order valence-electron chi connectivity index (χ4n) is 3.53. The highest BCUT2D eigenvalue weighted by molar-refractivity contribution is 6.51. The van der Waals surface area contributed by atoms with Gasteiger partial charge < -0.3 is 9.84 Å². The Morgan fingerprint density at radius 1 is 1.13 bits per heavy atom. The van der Waals surface area contributed by atoms with Gasteiger partial charge in [0.05, 0.1) is 23.7 Å². The van der Waals surface area contributed by atoms with E-state index in [1.54, 1.807) is 18.2 Å². The van der Waals surface area contributed by atoms with Crippen LogP contribution in [0, 0.1) is 5.82 Å². The predicted octanol–water partition coefficient (Wildman–Crippen LogP) is 4.51. The van der Waals surface area contributed by atoms with Gasteiger partial charge >= 0.3 is 5.91 Å². The van der Waals surface area contributed by atoms with Gasteiger partial charge in [0.1, 0.15) is 23.1 Å². The number of hydrogen-bond donors (Lipinski definition) is 1. The first-order chi connectivity index (χ1) is 14.9. The number of ketones is 1. The maximum atomic E-state index is 14.8. The fourth-order valence-corrected chi connectivity index (χ4v) is 3.78. The van der Waals surface area contributed by atoms with Gasteiger partial charge in [0, 0.05) is 17.3 Å². The summed E-state index contributed by atoms with van der Waals surface area (Å²) in [5.41, 5.74) is -0.0262. The Hall–Kier alpha value is -3.71. The van der Waals surface area contributed by atoms with Crippen molar-refractivity contribution in [3.8, 4) is 5.75 Å². The van der Waals surface area contributed by atoms with Crippen molar-refractivity contribution in [2.24, 2.45) is 0 Å². The van der Waals surface area contributed by atoms with Crippen molar-refractivity contribution in [2.45, 2.75) is 6.04 Å². The third kappa shape index (κ3) is 3.53. The SMILES string of the molecule is COc1ccc(C(O)=C2C(=O)C(=O)N(c3ccccn3)C2c2ccccc2F)cc1Cl. The topological polar surface area (TPSA) is 79.7 Å². The van der Waals surface area contributed by atoms with Crippen LogP contribution in [-0.4, -0.2) is 28.9 Å². The van der Waals surface area contributed by atoms with Gasteiger partial charge in [0.15, 0.2) is 0 Å². The molecule has 0 bridgehead atoms. The molecule has 1 unspecified atom stereocenters. The number of aliphatic hydroxyl groups excluding tert-OH is 1. The summed E-state index contributed by atoms with van der Waals surface area (Å²) in [6.07, 6.45) is 1.45. The van der Waals surface area contributed by atoms with E-state index in [9.17, 15) is 19.1 Å². The summed E-state index contributed by atoms with van der Waals surface area (Å²) in [5, 5.41) is 11.2. The van der Waals surface area contributed by atoms with Crippen molar-refractivity contribution in [3.63, 3.8) is 0 Å². The molecule has 6 nitrogen and oxygen atoms in total. The maximum absolute atomic E-state index is 14.8. The molecule has 1 saturated heterocycles. The first-order valence-electron chi connectivity index (χ1n) is 9.24. The van der Waals surface area contributed by atoms with Crippen molar-refractivity contribution in [2.75, 3.05) is 12.0 Å². The van der Waals surface area contributed by atoms with Crippen molar-refractivity contribution in [1.29, 1.82) is 0 Å². The number of aromatic nitrogens is 1. The molecule has 0 spiro atoms. The van der Waals surface area contributed by atoms with Gasteiger partial charge in [0.2, 0.25) is 0 Å². The molecular formula is C23H16ClFN2O4. The summed E-state index contributed by atoms with van der Waals surface area (Å²) < 4.78 is 19.9. The van der Waals surface area contributed by atoms with Crippen molar-refractivity contribution >= 4 is 34.9 Å². The molecule has 1 atom stereocenters. The first kappa shape index (κ1) is 20.6. The Balaban J connectivity index is 1.96. The lowest BCUT2D eigenvalue weighted by molar-refractivity contribution is -0.132. The van der Waals surface area contributed by atoms with Crippen LogP contribution in [0.25, 0.3) is 5.76 Å². The Morgan fingerprint density at radius 3 is 2.52 bits per heavy atom. The minimum atomic E-state index is -1.21. The molecule has 1 aromatic heterocycles. The van der Waals surface area contributed by atoms with Gasteiger partial charge in [-0.25, -0.2) is 9.37 Å². The number of amides is 1. The summed E-state index contributed by atoms with van der Waals surface area (Å²) >= 11 is 6.16. The molecule has 1 N–H and O–H groups in total. The molecule has 4 rings (SSSR count). The minimum absolute atomic E-state index is 0.0495. The second kappa shape index (κ2) is 8.20. The summed E-state index contributed by atoms with van der Waals surface area (Å²) in [6.45, 7) is 0. The number of hydrogen-bond acceptors (Lipinski definition) is 5. The number of rotatable bonds is 4. The average Bonchev–Trinajstić information content (AvgIpc) is 3.04. The van der Waals surface area contributed by atoms with Gasteiger partial charge in [-0.2, -0.15) is 0 Å². The van der Waals surface area contributed by atoms with Gasteiger partial charge in [0.25, 0.3) is 5.78 Å². The van der Waals surface area contributed by atoms with Crippen LogP contribution in [-0.2, 0) is 9.59 Å². The lowest BCUT2D eigenvalue weighted by Crippen LogP contribution is -2.30. The molecule has 2 heterocycles. The molecule has 0 saturated carbocycles. The molecular weight excluding hydrogens is 423 g/mol. The van der Waals surface area contributed by atoms with Crippen LogP contribution in [0.1, 0.15) is 17.2 Å². The monoisotopic (exact) mass is 438 g/mol. The van der Waals surface area contributed by atoms with E-state index in [4.69, 9.17) is 16.3 Å². The van der Waals surface area contributed by atoms with Crippen LogP contribution in [0.15, 0.2) is 72.4 Å². The Kier molecular flexibility index (Phi) is 5.44. The smallest absolute Gasteiger partial charge is 0.301 e. The number of pyridine rings is 1. The van der Waals surface area contributed by atoms with E-state index in [0.717, 1.165) is 4.90 Å². The minimum Gasteiger partial charge on any atom is -0.507 e. The maximum Gasteiger partial charge on any atom is 0.301 e. The molecule has 1 fully saturated rings. The van der Waals surface area contributed by atoms with Crippen LogP contribution in [0.5, 0.6) is 5.75 Å². The largest absolute Gasteiger partial charge is 0.507 e.